The number of carbonyl (C=O) groups is 2. The van der Waals surface area contributed by atoms with Crippen molar-refractivity contribution in [2.24, 2.45) is 5.73 Å². The Kier molecular flexibility index (Phi) is 5.67. The summed E-state index contributed by atoms with van der Waals surface area (Å²) in [7, 11) is 0. The summed E-state index contributed by atoms with van der Waals surface area (Å²) in [5.41, 5.74) is 6.57. The average molecular weight is 411 g/mol. The zero-order valence-electron chi connectivity index (χ0n) is 14.3. The largest absolute Gasteiger partial charge is 0.340 e. The predicted molar refractivity (Wildman–Crippen MR) is 107 cm³/mol. The molecule has 0 unspecified atom stereocenters. The van der Waals surface area contributed by atoms with Gasteiger partial charge in [-0.25, -0.2) is 0 Å². The summed E-state index contributed by atoms with van der Waals surface area (Å²) in [5, 5.41) is 15.4. The van der Waals surface area contributed by atoms with Gasteiger partial charge in [-0.2, -0.15) is 5.26 Å². The minimum absolute atomic E-state index is 0.0168. The van der Waals surface area contributed by atoms with Gasteiger partial charge in [-0.05, 0) is 36.4 Å². The second-order valence-corrected chi connectivity index (χ2v) is 6.50. The number of halogens is 2. The lowest BCUT2D eigenvalue weighted by Crippen LogP contribution is -2.35. The van der Waals surface area contributed by atoms with Crippen LogP contribution < -0.4 is 16.4 Å². The zero-order valence-corrected chi connectivity index (χ0v) is 15.8. The zero-order chi connectivity index (χ0) is 20.3. The maximum atomic E-state index is 12.8. The van der Waals surface area contributed by atoms with E-state index in [-0.39, 0.29) is 28.5 Å². The van der Waals surface area contributed by atoms with Crippen LogP contribution in [0.15, 0.2) is 47.8 Å². The van der Waals surface area contributed by atoms with Gasteiger partial charge >= 0.3 is 0 Å². The highest BCUT2D eigenvalue weighted by Crippen LogP contribution is 2.27. The van der Waals surface area contributed by atoms with E-state index in [0.717, 1.165) is 0 Å². The van der Waals surface area contributed by atoms with Crippen molar-refractivity contribution in [1.82, 2.24) is 5.32 Å². The number of nitrogens with two attached hydrogens (primary N) is 1. The van der Waals surface area contributed by atoms with Crippen LogP contribution in [-0.4, -0.2) is 18.2 Å². The minimum Gasteiger partial charge on any atom is -0.340 e. The van der Waals surface area contributed by atoms with Crippen LogP contribution in [-0.2, 0) is 0 Å². The molecule has 1 aliphatic rings. The Morgan fingerprint density at radius 1 is 1.14 bits per heavy atom. The molecule has 2 aromatic carbocycles. The summed E-state index contributed by atoms with van der Waals surface area (Å²) >= 11 is 11.9. The van der Waals surface area contributed by atoms with E-state index in [9.17, 15) is 14.9 Å². The van der Waals surface area contributed by atoms with Gasteiger partial charge in [0.2, 0.25) is 5.78 Å². The Morgan fingerprint density at radius 2 is 1.93 bits per heavy atom. The molecule has 1 aliphatic heterocycles. The van der Waals surface area contributed by atoms with E-state index in [0.29, 0.717) is 21.8 Å². The third-order valence-corrected chi connectivity index (χ3v) is 4.41. The van der Waals surface area contributed by atoms with Gasteiger partial charge < -0.3 is 16.4 Å². The summed E-state index contributed by atoms with van der Waals surface area (Å²) in [6.07, 6.45) is 0. The minimum atomic E-state index is -0.638. The molecule has 2 aromatic rings. The number of nitrogens with zero attached hydrogens (tertiary/aromatic N) is 1. The van der Waals surface area contributed by atoms with Gasteiger partial charge in [-0.15, -0.1) is 0 Å². The highest BCUT2D eigenvalue weighted by Gasteiger charge is 2.26. The molecule has 0 radical (unpaired) electrons. The number of hydrogen-bond acceptors (Lipinski definition) is 5. The predicted octanol–water partition coefficient (Wildman–Crippen LogP) is 3.08. The van der Waals surface area contributed by atoms with E-state index in [1.165, 1.54) is 18.2 Å². The van der Waals surface area contributed by atoms with Crippen LogP contribution in [0.25, 0.3) is 0 Å². The van der Waals surface area contributed by atoms with Gasteiger partial charge in [0.25, 0.3) is 5.91 Å². The highest BCUT2D eigenvalue weighted by molar-refractivity contribution is 6.37. The number of ketones is 1. The lowest BCUT2D eigenvalue weighted by atomic mass is 10.0. The van der Waals surface area contributed by atoms with Gasteiger partial charge in [-0.3, -0.25) is 9.59 Å². The van der Waals surface area contributed by atoms with E-state index in [1.807, 2.05) is 6.07 Å². The van der Waals surface area contributed by atoms with E-state index in [4.69, 9.17) is 28.9 Å². The molecule has 8 heteroatoms. The Morgan fingerprint density at radius 3 is 2.61 bits per heavy atom. The second kappa shape index (κ2) is 8.16. The van der Waals surface area contributed by atoms with E-state index in [1.54, 1.807) is 18.2 Å². The summed E-state index contributed by atoms with van der Waals surface area (Å²) in [6.45, 7) is 0.204. The van der Waals surface area contributed by atoms with E-state index in [2.05, 4.69) is 22.5 Å². The lowest BCUT2D eigenvalue weighted by molar-refractivity contribution is 0.0963. The van der Waals surface area contributed by atoms with Gasteiger partial charge in [0.15, 0.2) is 0 Å². The molecule has 4 N–H and O–H groups in total. The molecule has 0 atom stereocenters. The maximum absolute atomic E-state index is 12.8. The molecule has 3 rings (SSSR count). The van der Waals surface area contributed by atoms with Crippen LogP contribution in [0.4, 0.5) is 5.69 Å². The van der Waals surface area contributed by atoms with Crippen molar-refractivity contribution < 1.29 is 9.59 Å². The number of benzene rings is 2. The Bertz CT molecular complexity index is 1140. The topological polar surface area (TPSA) is 108 Å². The van der Waals surface area contributed by atoms with E-state index < -0.39 is 11.7 Å². The van der Waals surface area contributed by atoms with Crippen molar-refractivity contribution in [2.45, 2.75) is 0 Å². The van der Waals surface area contributed by atoms with Crippen molar-refractivity contribution in [3.8, 4) is 17.9 Å². The molecule has 0 saturated carbocycles. The number of allylic oxidation sites excluding steroid dienone is 1. The number of nitriles is 1. The fraction of sp³-hybridized carbons (Fsp3) is 0.0500. The molecule has 6 nitrogen and oxygen atoms in total. The SMILES string of the molecule is N#C/C(C(=O)c1ccc(Cl)cc1Cl)=C1\NC(=O)c2cc(C#CCN)ccc2N1. The summed E-state index contributed by atoms with van der Waals surface area (Å²) in [6, 6.07) is 11.1. The van der Waals surface area contributed by atoms with Gasteiger partial charge in [-0.1, -0.05) is 35.0 Å². The van der Waals surface area contributed by atoms with Crippen LogP contribution in [0.2, 0.25) is 10.0 Å². The first-order chi connectivity index (χ1) is 13.4. The molecule has 28 heavy (non-hydrogen) atoms. The van der Waals surface area contributed by atoms with Crippen LogP contribution in [0.5, 0.6) is 0 Å². The number of amides is 1. The van der Waals surface area contributed by atoms with Crippen LogP contribution in [0, 0.1) is 23.2 Å². The first-order valence-corrected chi connectivity index (χ1v) is 8.75. The number of carbonyl (C=O) groups excluding carboxylic acids is 2. The second-order valence-electron chi connectivity index (χ2n) is 5.66. The number of rotatable bonds is 2. The first kappa shape index (κ1) is 19.5. The lowest BCUT2D eigenvalue weighted by Gasteiger charge is -2.22. The average Bonchev–Trinajstić information content (AvgIpc) is 2.67. The van der Waals surface area contributed by atoms with Crippen molar-refractivity contribution in [3.05, 3.63) is 74.5 Å². The molecule has 138 valence electrons. The molecule has 0 fully saturated rings. The summed E-state index contributed by atoms with van der Waals surface area (Å²) < 4.78 is 0. The molecule has 0 aliphatic carbocycles. The molecule has 0 saturated heterocycles. The monoisotopic (exact) mass is 410 g/mol. The van der Waals surface area contributed by atoms with Gasteiger partial charge in [0.1, 0.15) is 17.5 Å². The van der Waals surface area contributed by atoms with Gasteiger partial charge in [0.05, 0.1) is 22.8 Å². The third kappa shape index (κ3) is 3.85. The molecule has 0 bridgehead atoms. The van der Waals surface area contributed by atoms with Crippen LogP contribution >= 0.6 is 23.2 Å². The Hall–Kier alpha value is -3.29. The molecule has 1 heterocycles. The number of hydrogen-bond donors (Lipinski definition) is 3. The van der Waals surface area contributed by atoms with Crippen LogP contribution in [0.1, 0.15) is 26.3 Å². The first-order valence-electron chi connectivity index (χ1n) is 8.00. The smallest absolute Gasteiger partial charge is 0.258 e. The van der Waals surface area contributed by atoms with Crippen LogP contribution in [0.3, 0.4) is 0 Å². The molecule has 0 aromatic heterocycles. The number of Topliss-reactive ketones (excluding diaryl/α,β-unsaturated/α-hetero) is 1. The highest BCUT2D eigenvalue weighted by atomic mass is 35.5. The van der Waals surface area contributed by atoms with Crippen molar-refractivity contribution in [2.75, 3.05) is 11.9 Å². The van der Waals surface area contributed by atoms with Gasteiger partial charge in [0, 0.05) is 16.1 Å². The molecule has 0 spiro atoms. The molecule has 1 amide bonds. The number of anilines is 1. The number of nitrogens with one attached hydrogen (secondary N) is 2. The van der Waals surface area contributed by atoms with E-state index >= 15 is 0 Å². The third-order valence-electron chi connectivity index (χ3n) is 3.86. The maximum Gasteiger partial charge on any atom is 0.258 e. The quantitative estimate of drug-likeness (QED) is 0.305. The number of fused-ring (bicyclic) bond motifs is 1. The normalized spacial score (nSPS) is 13.9. The summed E-state index contributed by atoms with van der Waals surface area (Å²) in [5.74, 6) is 4.43. The van der Waals surface area contributed by atoms with Crippen molar-refractivity contribution >= 4 is 40.6 Å². The van der Waals surface area contributed by atoms with Crippen molar-refractivity contribution in [3.63, 3.8) is 0 Å². The van der Waals surface area contributed by atoms with Crippen molar-refractivity contribution in [1.29, 1.82) is 5.26 Å². The fourth-order valence-corrected chi connectivity index (χ4v) is 3.07. The molecular weight excluding hydrogens is 399 g/mol. The standard InChI is InChI=1S/C20H12Cl2N4O2/c21-12-4-5-13(16(22)9-12)18(27)15(10-24)19-25-17-6-3-11(2-1-7-23)8-14(17)20(28)26-19/h3-6,8-9,25H,7,23H2,(H,26,28)/b19-15+. The fourth-order valence-electron chi connectivity index (χ4n) is 2.57. The Balaban J connectivity index is 2.01. The molecular formula is C20H12Cl2N4O2. The Labute approximate surface area is 170 Å². The summed E-state index contributed by atoms with van der Waals surface area (Å²) in [4.78, 5) is 25.3.